The summed E-state index contributed by atoms with van der Waals surface area (Å²) in [5.74, 6) is -0.480. The molecule has 34 heavy (non-hydrogen) atoms. The first-order chi connectivity index (χ1) is 16.1. The van der Waals surface area contributed by atoms with Crippen molar-refractivity contribution in [2.75, 3.05) is 31.6 Å². The van der Waals surface area contributed by atoms with Crippen LogP contribution in [0.3, 0.4) is 0 Å². The predicted octanol–water partition coefficient (Wildman–Crippen LogP) is 1.85. The van der Waals surface area contributed by atoms with Crippen molar-refractivity contribution in [3.8, 4) is 0 Å². The fourth-order valence-corrected chi connectivity index (χ4v) is 4.00. The van der Waals surface area contributed by atoms with Crippen LogP contribution in [0.25, 0.3) is 11.0 Å². The predicted molar refractivity (Wildman–Crippen MR) is 117 cm³/mol. The number of carbonyl (C=O) groups is 2. The monoisotopic (exact) mass is 474 g/mol. The highest BCUT2D eigenvalue weighted by Crippen LogP contribution is 2.31. The Morgan fingerprint density at radius 2 is 1.94 bits per heavy atom. The van der Waals surface area contributed by atoms with Crippen LogP contribution in [0.2, 0.25) is 0 Å². The number of carbonyl (C=O) groups excluding carboxylic acids is 2. The van der Waals surface area contributed by atoms with Crippen LogP contribution in [0.4, 0.5) is 18.9 Å². The highest BCUT2D eigenvalue weighted by atomic mass is 19.4. The summed E-state index contributed by atoms with van der Waals surface area (Å²) in [6.45, 7) is 2.59. The van der Waals surface area contributed by atoms with Crippen molar-refractivity contribution < 1.29 is 22.8 Å². The number of fused-ring (bicyclic) bond motifs is 1. The smallest absolute Gasteiger partial charge is 0.354 e. The van der Waals surface area contributed by atoms with Gasteiger partial charge in [-0.2, -0.15) is 13.2 Å². The molecular weight excluding hydrogens is 453 g/mol. The fraction of sp³-hybridized carbons (Fsp3) is 0.318. The molecule has 0 unspecified atom stereocenters. The Morgan fingerprint density at radius 1 is 1.18 bits per heavy atom. The first-order valence-electron chi connectivity index (χ1n) is 10.4. The Labute approximate surface area is 191 Å². The van der Waals surface area contributed by atoms with Crippen molar-refractivity contribution in [1.29, 1.82) is 0 Å². The SMILES string of the molecule is CNC(=O)c1ccc(N2CCN(Cc3cnc4c(C)c(C(F)(F)F)c(=O)[nH]c4c3)CC2=O)cn1. The van der Waals surface area contributed by atoms with Gasteiger partial charge in [0, 0.05) is 32.9 Å². The van der Waals surface area contributed by atoms with Gasteiger partial charge in [0.2, 0.25) is 5.91 Å². The molecule has 2 amide bonds. The van der Waals surface area contributed by atoms with E-state index in [1.807, 2.05) is 4.90 Å². The van der Waals surface area contributed by atoms with Gasteiger partial charge in [0.1, 0.15) is 11.3 Å². The van der Waals surface area contributed by atoms with Gasteiger partial charge in [-0.25, -0.2) is 4.98 Å². The van der Waals surface area contributed by atoms with Crippen molar-refractivity contribution in [2.45, 2.75) is 19.6 Å². The number of hydrogen-bond acceptors (Lipinski definition) is 6. The number of anilines is 1. The lowest BCUT2D eigenvalue weighted by Crippen LogP contribution is -2.50. The molecule has 1 saturated heterocycles. The molecule has 0 aliphatic carbocycles. The van der Waals surface area contributed by atoms with Crippen LogP contribution in [-0.2, 0) is 17.5 Å². The highest BCUT2D eigenvalue weighted by Gasteiger charge is 2.37. The van der Waals surface area contributed by atoms with Crippen molar-refractivity contribution in [3.63, 3.8) is 0 Å². The van der Waals surface area contributed by atoms with Gasteiger partial charge in [0.15, 0.2) is 0 Å². The fourth-order valence-electron chi connectivity index (χ4n) is 4.00. The number of pyridine rings is 3. The van der Waals surface area contributed by atoms with E-state index in [2.05, 4.69) is 20.3 Å². The Bertz CT molecular complexity index is 1320. The molecule has 4 heterocycles. The molecule has 0 bridgehead atoms. The van der Waals surface area contributed by atoms with Gasteiger partial charge in [0.25, 0.3) is 11.5 Å². The second kappa shape index (κ2) is 8.86. The largest absolute Gasteiger partial charge is 0.422 e. The molecule has 0 saturated carbocycles. The van der Waals surface area contributed by atoms with E-state index in [1.165, 1.54) is 26.4 Å². The zero-order valence-electron chi connectivity index (χ0n) is 18.4. The minimum atomic E-state index is -4.77. The molecule has 12 heteroatoms. The maximum absolute atomic E-state index is 13.2. The Balaban J connectivity index is 1.48. The summed E-state index contributed by atoms with van der Waals surface area (Å²) in [7, 11) is 1.50. The van der Waals surface area contributed by atoms with Crippen LogP contribution in [0.5, 0.6) is 0 Å². The molecule has 3 aromatic rings. The third-order valence-electron chi connectivity index (χ3n) is 5.66. The number of H-pyrrole nitrogens is 1. The van der Waals surface area contributed by atoms with E-state index >= 15 is 0 Å². The minimum absolute atomic E-state index is 0.0734. The minimum Gasteiger partial charge on any atom is -0.354 e. The Morgan fingerprint density at radius 3 is 2.56 bits per heavy atom. The number of aromatic nitrogens is 3. The van der Waals surface area contributed by atoms with Crippen molar-refractivity contribution in [1.82, 2.24) is 25.2 Å². The summed E-state index contributed by atoms with van der Waals surface area (Å²) in [4.78, 5) is 50.3. The maximum Gasteiger partial charge on any atom is 0.422 e. The van der Waals surface area contributed by atoms with Crippen molar-refractivity contribution >= 4 is 28.5 Å². The lowest BCUT2D eigenvalue weighted by Gasteiger charge is -2.34. The number of nitrogens with zero attached hydrogens (tertiary/aromatic N) is 4. The van der Waals surface area contributed by atoms with Crippen LogP contribution in [0.1, 0.15) is 27.2 Å². The molecule has 2 N–H and O–H groups in total. The van der Waals surface area contributed by atoms with Crippen LogP contribution >= 0.6 is 0 Å². The molecule has 1 fully saturated rings. The van der Waals surface area contributed by atoms with E-state index in [-0.39, 0.29) is 40.6 Å². The van der Waals surface area contributed by atoms with Gasteiger partial charge < -0.3 is 15.2 Å². The molecular formula is C22H21F3N6O3. The van der Waals surface area contributed by atoms with E-state index in [1.54, 1.807) is 23.1 Å². The summed E-state index contributed by atoms with van der Waals surface area (Å²) in [5, 5.41) is 2.48. The van der Waals surface area contributed by atoms with Crippen LogP contribution in [0.15, 0.2) is 35.4 Å². The molecule has 0 aromatic carbocycles. The van der Waals surface area contributed by atoms with Gasteiger partial charge >= 0.3 is 6.18 Å². The van der Waals surface area contributed by atoms with Crippen LogP contribution < -0.4 is 15.8 Å². The molecule has 178 valence electrons. The first kappa shape index (κ1) is 23.4. The normalized spacial score (nSPS) is 15.1. The maximum atomic E-state index is 13.2. The van der Waals surface area contributed by atoms with E-state index in [0.717, 1.165) is 0 Å². The number of hydrogen-bond donors (Lipinski definition) is 2. The number of aromatic amines is 1. The summed E-state index contributed by atoms with van der Waals surface area (Å²) < 4.78 is 39.5. The third-order valence-corrected chi connectivity index (χ3v) is 5.66. The lowest BCUT2D eigenvalue weighted by atomic mass is 10.1. The zero-order chi connectivity index (χ0) is 24.6. The number of aryl methyl sites for hydroxylation is 1. The number of halogens is 3. The number of piperazine rings is 1. The van der Waals surface area contributed by atoms with Crippen molar-refractivity contribution in [2.24, 2.45) is 0 Å². The van der Waals surface area contributed by atoms with Gasteiger partial charge in [-0.1, -0.05) is 0 Å². The topological polar surface area (TPSA) is 111 Å². The van der Waals surface area contributed by atoms with Crippen molar-refractivity contribution in [3.05, 3.63) is 63.3 Å². The Kier molecular flexibility index (Phi) is 6.09. The molecule has 9 nitrogen and oxygen atoms in total. The second-order valence-corrected chi connectivity index (χ2v) is 7.93. The summed E-state index contributed by atoms with van der Waals surface area (Å²) in [5.41, 5.74) is -0.923. The second-order valence-electron chi connectivity index (χ2n) is 7.93. The summed E-state index contributed by atoms with van der Waals surface area (Å²) in [6.07, 6.45) is -1.85. The molecule has 1 aliphatic heterocycles. The van der Waals surface area contributed by atoms with Crippen LogP contribution in [-0.4, -0.2) is 58.3 Å². The highest BCUT2D eigenvalue weighted by molar-refractivity contribution is 5.96. The summed E-state index contributed by atoms with van der Waals surface area (Å²) in [6, 6.07) is 4.78. The standard InChI is InChI=1S/C22H21F3N6O3/c1-12-18(22(23,24)25)21(34)29-16-7-13(8-28-19(12)16)10-30-5-6-31(17(32)11-30)14-3-4-15(27-9-14)20(33)26-2/h3-4,7-9H,5-6,10-11H2,1-2H3,(H,26,33)(H,29,34). The van der Waals surface area contributed by atoms with E-state index in [0.29, 0.717) is 30.9 Å². The first-order valence-corrected chi connectivity index (χ1v) is 10.4. The quantitative estimate of drug-likeness (QED) is 0.597. The number of alkyl halides is 3. The molecule has 0 radical (unpaired) electrons. The van der Waals surface area contributed by atoms with Gasteiger partial charge in [-0.05, 0) is 36.2 Å². The van der Waals surface area contributed by atoms with E-state index < -0.39 is 17.3 Å². The summed E-state index contributed by atoms with van der Waals surface area (Å²) >= 11 is 0. The van der Waals surface area contributed by atoms with E-state index in [4.69, 9.17) is 0 Å². The molecule has 3 aromatic heterocycles. The Hall–Kier alpha value is -3.80. The number of nitrogens with one attached hydrogen (secondary N) is 2. The molecule has 1 aliphatic rings. The molecule has 4 rings (SSSR count). The molecule has 0 spiro atoms. The van der Waals surface area contributed by atoms with Crippen LogP contribution in [0, 0.1) is 6.92 Å². The lowest BCUT2D eigenvalue weighted by molar-refractivity contribution is -0.139. The van der Waals surface area contributed by atoms with E-state index in [9.17, 15) is 27.6 Å². The third kappa shape index (κ3) is 4.49. The average Bonchev–Trinajstić information content (AvgIpc) is 2.77. The average molecular weight is 474 g/mol. The van der Waals surface area contributed by atoms with Gasteiger partial charge in [-0.15, -0.1) is 0 Å². The van der Waals surface area contributed by atoms with Gasteiger partial charge in [-0.3, -0.25) is 24.3 Å². The number of amides is 2. The number of rotatable bonds is 4. The molecule has 0 atom stereocenters. The van der Waals surface area contributed by atoms with Gasteiger partial charge in [0.05, 0.1) is 29.5 Å². The zero-order valence-corrected chi connectivity index (χ0v) is 18.4.